The number of halogens is 3. The zero-order chi connectivity index (χ0) is 19.2. The molecule has 2 aromatic rings. The van der Waals surface area contributed by atoms with Crippen LogP contribution in [0.15, 0.2) is 36.5 Å². The third-order valence-corrected chi connectivity index (χ3v) is 3.59. The molecule has 0 radical (unpaired) electrons. The summed E-state index contributed by atoms with van der Waals surface area (Å²) >= 11 is 0. The lowest BCUT2D eigenvalue weighted by Crippen LogP contribution is -2.27. The predicted octanol–water partition coefficient (Wildman–Crippen LogP) is 4.37. The molecule has 0 aliphatic carbocycles. The summed E-state index contributed by atoms with van der Waals surface area (Å²) in [5, 5.41) is 2.45. The Kier molecular flexibility index (Phi) is 6.54. The molecular formula is C18H21F3N4O. The molecule has 0 fully saturated rings. The number of aromatic nitrogens is 2. The molecule has 0 bridgehead atoms. The van der Waals surface area contributed by atoms with Crippen molar-refractivity contribution < 1.29 is 18.0 Å². The minimum Gasteiger partial charge on any atom is -0.341 e. The van der Waals surface area contributed by atoms with E-state index in [0.717, 1.165) is 38.1 Å². The SMILES string of the molecule is CCCN(CCC)c1nccc(C(=O)Nc2cccc(C(F)(F)F)c2)n1. The van der Waals surface area contributed by atoms with Gasteiger partial charge in [0.05, 0.1) is 5.56 Å². The lowest BCUT2D eigenvalue weighted by atomic mass is 10.2. The van der Waals surface area contributed by atoms with E-state index >= 15 is 0 Å². The van der Waals surface area contributed by atoms with Crippen LogP contribution in [0.1, 0.15) is 42.7 Å². The van der Waals surface area contributed by atoms with Crippen LogP contribution < -0.4 is 10.2 Å². The van der Waals surface area contributed by atoms with E-state index in [0.29, 0.717) is 5.95 Å². The fourth-order valence-corrected chi connectivity index (χ4v) is 2.45. The highest BCUT2D eigenvalue weighted by molar-refractivity contribution is 6.03. The number of nitrogens with zero attached hydrogens (tertiary/aromatic N) is 3. The molecule has 0 spiro atoms. The van der Waals surface area contributed by atoms with Crippen molar-refractivity contribution in [2.45, 2.75) is 32.9 Å². The molecule has 1 heterocycles. The van der Waals surface area contributed by atoms with Gasteiger partial charge in [-0.25, -0.2) is 9.97 Å². The number of hydrogen-bond donors (Lipinski definition) is 1. The number of alkyl halides is 3. The van der Waals surface area contributed by atoms with Crippen molar-refractivity contribution in [3.63, 3.8) is 0 Å². The monoisotopic (exact) mass is 366 g/mol. The van der Waals surface area contributed by atoms with Gasteiger partial charge in [0.1, 0.15) is 5.69 Å². The second-order valence-corrected chi connectivity index (χ2v) is 5.76. The minimum absolute atomic E-state index is 0.0592. The standard InChI is InChI=1S/C18H21F3N4O/c1-3-10-25(11-4-2)17-22-9-8-15(24-17)16(26)23-14-7-5-6-13(12-14)18(19,20)21/h5-9,12H,3-4,10-11H2,1-2H3,(H,23,26). The maximum absolute atomic E-state index is 12.8. The van der Waals surface area contributed by atoms with E-state index in [-0.39, 0.29) is 11.4 Å². The fraction of sp³-hybridized carbons (Fsp3) is 0.389. The third-order valence-electron chi connectivity index (χ3n) is 3.59. The lowest BCUT2D eigenvalue weighted by Gasteiger charge is -2.21. The number of carbonyl (C=O) groups excluding carboxylic acids is 1. The van der Waals surface area contributed by atoms with E-state index in [9.17, 15) is 18.0 Å². The van der Waals surface area contributed by atoms with Gasteiger partial charge < -0.3 is 10.2 Å². The first-order chi connectivity index (χ1) is 12.3. The molecule has 8 heteroatoms. The Hall–Kier alpha value is -2.64. The summed E-state index contributed by atoms with van der Waals surface area (Å²) in [4.78, 5) is 22.8. The smallest absolute Gasteiger partial charge is 0.341 e. The normalized spacial score (nSPS) is 11.3. The fourth-order valence-electron chi connectivity index (χ4n) is 2.45. The molecular weight excluding hydrogens is 345 g/mol. The van der Waals surface area contributed by atoms with Crippen LogP contribution in [0.25, 0.3) is 0 Å². The van der Waals surface area contributed by atoms with Gasteiger partial charge >= 0.3 is 6.18 Å². The molecule has 0 unspecified atom stereocenters. The highest BCUT2D eigenvalue weighted by atomic mass is 19.4. The van der Waals surface area contributed by atoms with E-state index in [1.54, 1.807) is 0 Å². The summed E-state index contributed by atoms with van der Waals surface area (Å²) in [6.07, 6.45) is -1.18. The number of amides is 1. The Morgan fingerprint density at radius 3 is 2.46 bits per heavy atom. The van der Waals surface area contributed by atoms with Gasteiger partial charge in [-0.15, -0.1) is 0 Å². The highest BCUT2D eigenvalue weighted by Gasteiger charge is 2.30. The van der Waals surface area contributed by atoms with Crippen LogP contribution in [-0.2, 0) is 6.18 Å². The first-order valence-corrected chi connectivity index (χ1v) is 8.41. The van der Waals surface area contributed by atoms with Crippen LogP contribution in [0.5, 0.6) is 0 Å². The molecule has 140 valence electrons. The van der Waals surface area contributed by atoms with Gasteiger partial charge in [0.25, 0.3) is 5.91 Å². The Morgan fingerprint density at radius 2 is 1.85 bits per heavy atom. The van der Waals surface area contributed by atoms with Crippen LogP contribution in [0.2, 0.25) is 0 Å². The molecule has 0 aliphatic heterocycles. The number of benzene rings is 1. The molecule has 1 N–H and O–H groups in total. The van der Waals surface area contributed by atoms with Gasteiger partial charge in [-0.2, -0.15) is 13.2 Å². The Balaban J connectivity index is 2.19. The van der Waals surface area contributed by atoms with Gasteiger partial charge in [0.15, 0.2) is 0 Å². The number of nitrogens with one attached hydrogen (secondary N) is 1. The lowest BCUT2D eigenvalue weighted by molar-refractivity contribution is -0.137. The van der Waals surface area contributed by atoms with Gasteiger partial charge in [-0.3, -0.25) is 4.79 Å². The number of anilines is 2. The molecule has 1 amide bonds. The van der Waals surface area contributed by atoms with E-state index in [4.69, 9.17) is 0 Å². The second kappa shape index (κ2) is 8.64. The highest BCUT2D eigenvalue weighted by Crippen LogP contribution is 2.30. The molecule has 5 nitrogen and oxygen atoms in total. The molecule has 1 aromatic heterocycles. The van der Waals surface area contributed by atoms with Gasteiger partial charge in [0, 0.05) is 25.0 Å². The Bertz CT molecular complexity index is 743. The van der Waals surface area contributed by atoms with Crippen molar-refractivity contribution in [3.05, 3.63) is 47.8 Å². The topological polar surface area (TPSA) is 58.1 Å². The van der Waals surface area contributed by atoms with Crippen LogP contribution in [0, 0.1) is 0 Å². The van der Waals surface area contributed by atoms with Gasteiger partial charge in [0.2, 0.25) is 5.95 Å². The summed E-state index contributed by atoms with van der Waals surface area (Å²) in [5.74, 6) is -0.147. The van der Waals surface area contributed by atoms with Crippen molar-refractivity contribution in [3.8, 4) is 0 Å². The molecule has 0 saturated carbocycles. The van der Waals surface area contributed by atoms with Crippen molar-refractivity contribution in [1.82, 2.24) is 9.97 Å². The predicted molar refractivity (Wildman–Crippen MR) is 94.2 cm³/mol. The van der Waals surface area contributed by atoms with Crippen LogP contribution in [0.3, 0.4) is 0 Å². The molecule has 0 saturated heterocycles. The van der Waals surface area contributed by atoms with Crippen molar-refractivity contribution in [2.24, 2.45) is 0 Å². The van der Waals surface area contributed by atoms with E-state index in [1.807, 2.05) is 18.7 Å². The van der Waals surface area contributed by atoms with Crippen molar-refractivity contribution >= 4 is 17.5 Å². The summed E-state index contributed by atoms with van der Waals surface area (Å²) < 4.78 is 38.3. The van der Waals surface area contributed by atoms with Crippen molar-refractivity contribution in [2.75, 3.05) is 23.3 Å². The molecule has 0 atom stereocenters. The maximum Gasteiger partial charge on any atom is 0.416 e. The van der Waals surface area contributed by atoms with E-state index < -0.39 is 17.6 Å². The van der Waals surface area contributed by atoms with Crippen LogP contribution in [-0.4, -0.2) is 29.0 Å². The minimum atomic E-state index is -4.47. The van der Waals surface area contributed by atoms with Crippen LogP contribution >= 0.6 is 0 Å². The Labute approximate surface area is 150 Å². The number of hydrogen-bond acceptors (Lipinski definition) is 4. The first-order valence-electron chi connectivity index (χ1n) is 8.41. The van der Waals surface area contributed by atoms with Gasteiger partial charge in [-0.05, 0) is 37.1 Å². The first kappa shape index (κ1) is 19.7. The third kappa shape index (κ3) is 5.18. The summed E-state index contributed by atoms with van der Waals surface area (Å²) in [6, 6.07) is 5.92. The molecule has 26 heavy (non-hydrogen) atoms. The molecule has 0 aliphatic rings. The number of rotatable bonds is 7. The summed E-state index contributed by atoms with van der Waals surface area (Å²) in [7, 11) is 0. The molecule has 2 rings (SSSR count). The quantitative estimate of drug-likeness (QED) is 0.790. The zero-order valence-corrected chi connectivity index (χ0v) is 14.7. The van der Waals surface area contributed by atoms with E-state index in [2.05, 4.69) is 15.3 Å². The number of carbonyl (C=O) groups is 1. The maximum atomic E-state index is 12.8. The average Bonchev–Trinajstić information content (AvgIpc) is 2.61. The van der Waals surface area contributed by atoms with Crippen molar-refractivity contribution in [1.29, 1.82) is 0 Å². The zero-order valence-electron chi connectivity index (χ0n) is 14.7. The molecule has 1 aromatic carbocycles. The van der Waals surface area contributed by atoms with E-state index in [1.165, 1.54) is 24.4 Å². The van der Waals surface area contributed by atoms with Crippen LogP contribution in [0.4, 0.5) is 24.8 Å². The van der Waals surface area contributed by atoms with Gasteiger partial charge in [-0.1, -0.05) is 19.9 Å². The summed E-state index contributed by atoms with van der Waals surface area (Å²) in [5.41, 5.74) is -0.663. The summed E-state index contributed by atoms with van der Waals surface area (Å²) in [6.45, 7) is 5.58. The Morgan fingerprint density at radius 1 is 1.15 bits per heavy atom. The average molecular weight is 366 g/mol. The second-order valence-electron chi connectivity index (χ2n) is 5.76. The largest absolute Gasteiger partial charge is 0.416 e.